The first-order valence-electron chi connectivity index (χ1n) is 8.41. The van der Waals surface area contributed by atoms with E-state index in [1.54, 1.807) is 18.0 Å². The van der Waals surface area contributed by atoms with Gasteiger partial charge < -0.3 is 14.1 Å². The predicted molar refractivity (Wildman–Crippen MR) is 105 cm³/mol. The fourth-order valence-corrected chi connectivity index (χ4v) is 3.53. The molecule has 132 valence electrons. The number of rotatable bonds is 5. The summed E-state index contributed by atoms with van der Waals surface area (Å²) in [5.74, 6) is 0.658. The number of fused-ring (bicyclic) bond motifs is 1. The van der Waals surface area contributed by atoms with Crippen molar-refractivity contribution in [2.24, 2.45) is 0 Å². The van der Waals surface area contributed by atoms with E-state index in [0.29, 0.717) is 17.9 Å². The van der Waals surface area contributed by atoms with Crippen molar-refractivity contribution in [1.29, 1.82) is 0 Å². The second kappa shape index (κ2) is 6.84. The Labute approximate surface area is 154 Å². The van der Waals surface area contributed by atoms with Crippen LogP contribution in [0.15, 0.2) is 58.9 Å². The Morgan fingerprint density at radius 3 is 2.92 bits per heavy atom. The molecule has 0 spiro atoms. The molecule has 3 aromatic heterocycles. The van der Waals surface area contributed by atoms with E-state index in [2.05, 4.69) is 32.5 Å². The van der Waals surface area contributed by atoms with E-state index in [1.807, 2.05) is 47.7 Å². The molecular weight excluding hydrogens is 346 g/mol. The summed E-state index contributed by atoms with van der Waals surface area (Å²) in [6.07, 6.45) is 9.30. The van der Waals surface area contributed by atoms with Gasteiger partial charge in [-0.3, -0.25) is 4.79 Å². The highest BCUT2D eigenvalue weighted by Gasteiger charge is 2.13. The highest BCUT2D eigenvalue weighted by molar-refractivity contribution is 7.98. The summed E-state index contributed by atoms with van der Waals surface area (Å²) in [5, 5.41) is 0.991. The molecule has 1 N–H and O–H groups in total. The first-order chi connectivity index (χ1) is 12.7. The van der Waals surface area contributed by atoms with Crippen LogP contribution in [0.2, 0.25) is 0 Å². The molecule has 0 unspecified atom stereocenters. The van der Waals surface area contributed by atoms with Crippen molar-refractivity contribution in [1.82, 2.24) is 24.1 Å². The number of thioether (sulfide) groups is 1. The molecule has 0 amide bonds. The van der Waals surface area contributed by atoms with Gasteiger partial charge in [0, 0.05) is 35.5 Å². The van der Waals surface area contributed by atoms with Gasteiger partial charge in [-0.2, -0.15) is 0 Å². The van der Waals surface area contributed by atoms with Gasteiger partial charge in [-0.1, -0.05) is 6.07 Å². The molecule has 1 aromatic carbocycles. The Morgan fingerprint density at radius 2 is 2.12 bits per heavy atom. The van der Waals surface area contributed by atoms with Crippen LogP contribution in [0.4, 0.5) is 0 Å². The largest absolute Gasteiger partial charge is 0.333 e. The molecule has 4 rings (SSSR count). The third kappa shape index (κ3) is 2.94. The van der Waals surface area contributed by atoms with Crippen LogP contribution in [0.25, 0.3) is 22.3 Å². The fourth-order valence-electron chi connectivity index (χ4n) is 3.09. The number of benzene rings is 1. The molecule has 0 radical (unpaired) electrons. The minimum atomic E-state index is -0.132. The normalized spacial score (nSPS) is 11.3. The van der Waals surface area contributed by atoms with Gasteiger partial charge in [-0.05, 0) is 36.8 Å². The van der Waals surface area contributed by atoms with E-state index in [0.717, 1.165) is 28.0 Å². The molecule has 4 aromatic rings. The lowest BCUT2D eigenvalue weighted by Crippen LogP contribution is -2.13. The van der Waals surface area contributed by atoms with Crippen LogP contribution in [0.5, 0.6) is 0 Å². The van der Waals surface area contributed by atoms with E-state index in [9.17, 15) is 4.79 Å². The summed E-state index contributed by atoms with van der Waals surface area (Å²) >= 11 is 1.65. The smallest absolute Gasteiger partial charge is 0.259 e. The molecule has 0 bridgehead atoms. The number of aryl methyl sites for hydroxylation is 1. The monoisotopic (exact) mass is 365 g/mol. The quantitative estimate of drug-likeness (QED) is 0.551. The maximum atomic E-state index is 12.7. The molecular formula is C19H19N5OS. The summed E-state index contributed by atoms with van der Waals surface area (Å²) < 4.78 is 4.06. The third-order valence-corrected chi connectivity index (χ3v) is 5.21. The number of nitrogens with one attached hydrogen (secondary N) is 1. The topological polar surface area (TPSA) is 68.5 Å². The van der Waals surface area contributed by atoms with E-state index in [-0.39, 0.29) is 5.56 Å². The van der Waals surface area contributed by atoms with Gasteiger partial charge >= 0.3 is 0 Å². The van der Waals surface area contributed by atoms with Crippen LogP contribution in [0, 0.1) is 0 Å². The minimum Gasteiger partial charge on any atom is -0.333 e. The Morgan fingerprint density at radius 1 is 1.23 bits per heavy atom. The zero-order chi connectivity index (χ0) is 18.1. The lowest BCUT2D eigenvalue weighted by Gasteiger charge is -2.10. The van der Waals surface area contributed by atoms with Crippen molar-refractivity contribution >= 4 is 22.7 Å². The van der Waals surface area contributed by atoms with Crippen molar-refractivity contribution in [3.63, 3.8) is 0 Å². The Kier molecular flexibility index (Phi) is 4.38. The highest BCUT2D eigenvalue weighted by Crippen LogP contribution is 2.23. The number of pyridine rings is 1. The van der Waals surface area contributed by atoms with Gasteiger partial charge in [0.2, 0.25) is 0 Å². The summed E-state index contributed by atoms with van der Waals surface area (Å²) in [4.78, 5) is 25.4. The number of hydrogen-bond acceptors (Lipinski definition) is 4. The second-order valence-electron chi connectivity index (χ2n) is 6.02. The molecule has 0 aliphatic rings. The zero-order valence-electron chi connectivity index (χ0n) is 14.6. The van der Waals surface area contributed by atoms with Gasteiger partial charge in [-0.25, -0.2) is 9.97 Å². The minimum absolute atomic E-state index is 0.132. The van der Waals surface area contributed by atoms with Gasteiger partial charge in [0.25, 0.3) is 5.56 Å². The van der Waals surface area contributed by atoms with Crippen LogP contribution in [-0.2, 0) is 13.1 Å². The molecule has 0 aliphatic carbocycles. The average Bonchev–Trinajstić information content (AvgIpc) is 3.30. The van der Waals surface area contributed by atoms with Crippen molar-refractivity contribution in [3.8, 4) is 11.4 Å². The maximum absolute atomic E-state index is 12.7. The van der Waals surface area contributed by atoms with E-state index >= 15 is 0 Å². The third-order valence-electron chi connectivity index (χ3n) is 4.48. The van der Waals surface area contributed by atoms with E-state index < -0.39 is 0 Å². The van der Waals surface area contributed by atoms with Gasteiger partial charge in [0.1, 0.15) is 5.82 Å². The van der Waals surface area contributed by atoms with Crippen LogP contribution in [0.1, 0.15) is 12.6 Å². The van der Waals surface area contributed by atoms with Crippen LogP contribution < -0.4 is 5.56 Å². The number of nitrogens with zero attached hydrogens (tertiary/aromatic N) is 4. The van der Waals surface area contributed by atoms with Gasteiger partial charge in [0.05, 0.1) is 24.1 Å². The summed E-state index contributed by atoms with van der Waals surface area (Å²) in [6.45, 7) is 3.55. The molecule has 3 heterocycles. The Hall–Kier alpha value is -2.80. The Balaban J connectivity index is 1.78. The number of aromatic nitrogens is 5. The molecule has 26 heavy (non-hydrogen) atoms. The molecule has 7 heteroatoms. The standard InChI is InChI=1S/C19H19N5OS/c1-3-23-12-20-10-14(23)11-24-7-6-21-18(24)16-8-13-4-5-15(26-2)9-17(13)22-19(16)25/h4-10,12H,3,11H2,1-2H3,(H,22,25). The number of imidazole rings is 2. The maximum Gasteiger partial charge on any atom is 0.259 e. The molecule has 0 fully saturated rings. The zero-order valence-corrected chi connectivity index (χ0v) is 15.5. The van der Waals surface area contributed by atoms with Crippen molar-refractivity contribution in [2.75, 3.05) is 6.26 Å². The lowest BCUT2D eigenvalue weighted by atomic mass is 10.1. The molecule has 0 saturated carbocycles. The molecule has 0 atom stereocenters. The average molecular weight is 365 g/mol. The SMILES string of the molecule is CCn1cncc1Cn1ccnc1-c1cc2ccc(SC)cc2[nH]c1=O. The second-order valence-corrected chi connectivity index (χ2v) is 6.89. The molecule has 6 nitrogen and oxygen atoms in total. The Bertz CT molecular complexity index is 1120. The highest BCUT2D eigenvalue weighted by atomic mass is 32.2. The van der Waals surface area contributed by atoms with Crippen molar-refractivity contribution < 1.29 is 0 Å². The van der Waals surface area contributed by atoms with Crippen LogP contribution in [0.3, 0.4) is 0 Å². The van der Waals surface area contributed by atoms with Gasteiger partial charge in [0.15, 0.2) is 0 Å². The fraction of sp³-hybridized carbons (Fsp3) is 0.211. The number of H-pyrrole nitrogens is 1. The van der Waals surface area contributed by atoms with Crippen LogP contribution in [-0.4, -0.2) is 30.3 Å². The van der Waals surface area contributed by atoms with Crippen molar-refractivity contribution in [3.05, 3.63) is 65.2 Å². The van der Waals surface area contributed by atoms with E-state index in [1.165, 1.54) is 0 Å². The summed E-state index contributed by atoms with van der Waals surface area (Å²) in [7, 11) is 0. The van der Waals surface area contributed by atoms with E-state index in [4.69, 9.17) is 0 Å². The number of hydrogen-bond donors (Lipinski definition) is 1. The molecule has 0 saturated heterocycles. The first-order valence-corrected chi connectivity index (χ1v) is 9.63. The first kappa shape index (κ1) is 16.7. The lowest BCUT2D eigenvalue weighted by molar-refractivity contribution is 0.671. The number of aromatic amines is 1. The summed E-state index contributed by atoms with van der Waals surface area (Å²) in [5.41, 5.74) is 2.36. The summed E-state index contributed by atoms with van der Waals surface area (Å²) in [6, 6.07) is 7.99. The predicted octanol–water partition coefficient (Wildman–Crippen LogP) is 3.38. The van der Waals surface area contributed by atoms with Crippen molar-refractivity contribution in [2.45, 2.75) is 24.9 Å². The van der Waals surface area contributed by atoms with Gasteiger partial charge in [-0.15, -0.1) is 11.8 Å². The van der Waals surface area contributed by atoms with Crippen LogP contribution >= 0.6 is 11.8 Å². The molecule has 0 aliphatic heterocycles.